The Bertz CT molecular complexity index is 1390. The van der Waals surface area contributed by atoms with Gasteiger partial charge in [0.1, 0.15) is 6.07 Å². The lowest BCUT2D eigenvalue weighted by Crippen LogP contribution is -2.57. The van der Waals surface area contributed by atoms with Crippen LogP contribution in [0.4, 0.5) is 29.3 Å². The number of hydrogen-bond acceptors (Lipinski definition) is 5. The van der Waals surface area contributed by atoms with Crippen LogP contribution >= 0.6 is 0 Å². The lowest BCUT2D eigenvalue weighted by atomic mass is 9.78. The highest BCUT2D eigenvalue weighted by molar-refractivity contribution is 5.95. The van der Waals surface area contributed by atoms with Crippen molar-refractivity contribution in [2.45, 2.75) is 31.5 Å². The molecule has 5 rings (SSSR count). The summed E-state index contributed by atoms with van der Waals surface area (Å²) in [5, 5.41) is 15.5. The van der Waals surface area contributed by atoms with Crippen LogP contribution in [-0.4, -0.2) is 30.7 Å². The highest BCUT2D eigenvalue weighted by Crippen LogP contribution is 2.43. The molecule has 1 spiro atoms. The van der Waals surface area contributed by atoms with E-state index in [0.717, 1.165) is 28.8 Å². The molecule has 0 radical (unpaired) electrons. The third-order valence-electron chi connectivity index (χ3n) is 6.90. The van der Waals surface area contributed by atoms with Crippen LogP contribution < -0.4 is 20.3 Å². The molecule has 1 fully saturated rings. The van der Waals surface area contributed by atoms with Gasteiger partial charge in [-0.05, 0) is 61.7 Å². The Morgan fingerprint density at radius 3 is 2.65 bits per heavy atom. The van der Waals surface area contributed by atoms with Crippen molar-refractivity contribution < 1.29 is 22.7 Å². The van der Waals surface area contributed by atoms with Gasteiger partial charge in [0.05, 0.1) is 29.0 Å². The van der Waals surface area contributed by atoms with Gasteiger partial charge in [0, 0.05) is 36.1 Å². The van der Waals surface area contributed by atoms with Crippen molar-refractivity contribution in [1.29, 1.82) is 5.26 Å². The topological polar surface area (TPSA) is 90.3 Å². The minimum atomic E-state index is -4.52. The summed E-state index contributed by atoms with van der Waals surface area (Å²) in [7, 11) is 0. The number of fused-ring (bicyclic) bond motifs is 2. The predicted molar refractivity (Wildman–Crippen MR) is 132 cm³/mol. The predicted octanol–water partition coefficient (Wildman–Crippen LogP) is 5.67. The van der Waals surface area contributed by atoms with Gasteiger partial charge in [0.2, 0.25) is 5.88 Å². The molecule has 10 heteroatoms. The van der Waals surface area contributed by atoms with Crippen LogP contribution in [0.3, 0.4) is 0 Å². The molecule has 1 aromatic heterocycles. The van der Waals surface area contributed by atoms with Crippen molar-refractivity contribution in [3.63, 3.8) is 0 Å². The molecule has 3 heterocycles. The maximum Gasteiger partial charge on any atom is 0.416 e. The maximum absolute atomic E-state index is 13.1. The number of alkyl halides is 3. The summed E-state index contributed by atoms with van der Waals surface area (Å²) in [6.45, 7) is 3.27. The SMILES string of the molecule is CCOc1ncccc1-c1ccc2c(c1)NC(=O)NC21CCN(c2ccc(C(F)(F)F)cc2C#N)CC1. The molecule has 2 aliphatic heterocycles. The molecule has 3 aromatic rings. The first-order chi connectivity index (χ1) is 17.7. The van der Waals surface area contributed by atoms with Gasteiger partial charge >= 0.3 is 12.2 Å². The van der Waals surface area contributed by atoms with Crippen LogP contribution in [0, 0.1) is 11.3 Å². The zero-order valence-corrected chi connectivity index (χ0v) is 20.0. The lowest BCUT2D eigenvalue weighted by molar-refractivity contribution is -0.137. The second-order valence-corrected chi connectivity index (χ2v) is 9.04. The van der Waals surface area contributed by atoms with Gasteiger partial charge in [-0.25, -0.2) is 9.78 Å². The van der Waals surface area contributed by atoms with Gasteiger partial charge in [-0.15, -0.1) is 0 Å². The van der Waals surface area contributed by atoms with E-state index in [-0.39, 0.29) is 11.6 Å². The molecular formula is C27H24F3N5O2. The largest absolute Gasteiger partial charge is 0.478 e. The molecule has 0 aliphatic carbocycles. The molecule has 7 nitrogen and oxygen atoms in total. The van der Waals surface area contributed by atoms with E-state index in [1.54, 1.807) is 6.20 Å². The van der Waals surface area contributed by atoms with Crippen LogP contribution in [0.1, 0.15) is 36.5 Å². The number of ether oxygens (including phenoxy) is 1. The number of aromatic nitrogens is 1. The molecular weight excluding hydrogens is 483 g/mol. The van der Waals surface area contributed by atoms with Crippen molar-refractivity contribution in [2.75, 3.05) is 29.9 Å². The number of urea groups is 1. The molecule has 1 saturated heterocycles. The van der Waals surface area contributed by atoms with Crippen LogP contribution in [0.5, 0.6) is 5.88 Å². The Labute approximate surface area is 211 Å². The van der Waals surface area contributed by atoms with Crippen molar-refractivity contribution in [2.24, 2.45) is 0 Å². The average Bonchev–Trinajstić information content (AvgIpc) is 2.88. The third kappa shape index (κ3) is 4.53. The number of carbonyl (C=O) groups excluding carboxylic acids is 1. The molecule has 0 saturated carbocycles. The van der Waals surface area contributed by atoms with E-state index in [0.29, 0.717) is 49.8 Å². The zero-order chi connectivity index (χ0) is 26.2. The van der Waals surface area contributed by atoms with Gasteiger partial charge in [-0.3, -0.25) is 0 Å². The average molecular weight is 508 g/mol. The monoisotopic (exact) mass is 507 g/mol. The number of amides is 2. The molecule has 37 heavy (non-hydrogen) atoms. The van der Waals surface area contributed by atoms with Crippen molar-refractivity contribution in [3.05, 3.63) is 71.4 Å². The fourth-order valence-corrected chi connectivity index (χ4v) is 5.13. The number of carbonyl (C=O) groups is 1. The minimum Gasteiger partial charge on any atom is -0.478 e. The third-order valence-corrected chi connectivity index (χ3v) is 6.90. The molecule has 0 unspecified atom stereocenters. The van der Waals surface area contributed by atoms with Crippen LogP contribution in [0.2, 0.25) is 0 Å². The summed E-state index contributed by atoms with van der Waals surface area (Å²) in [5.41, 5.74) is 2.25. The van der Waals surface area contributed by atoms with Gasteiger partial charge < -0.3 is 20.3 Å². The quantitative estimate of drug-likeness (QED) is 0.475. The van der Waals surface area contributed by atoms with E-state index in [9.17, 15) is 23.2 Å². The number of hydrogen-bond donors (Lipinski definition) is 2. The first-order valence-electron chi connectivity index (χ1n) is 11.9. The van der Waals surface area contributed by atoms with E-state index >= 15 is 0 Å². The number of nitriles is 1. The molecule has 0 atom stereocenters. The number of benzene rings is 2. The smallest absolute Gasteiger partial charge is 0.416 e. The fraction of sp³-hybridized carbons (Fsp3) is 0.296. The Balaban J connectivity index is 1.43. The molecule has 2 N–H and O–H groups in total. The molecule has 2 aromatic carbocycles. The van der Waals surface area contributed by atoms with Gasteiger partial charge in [-0.2, -0.15) is 18.4 Å². The van der Waals surface area contributed by atoms with Crippen LogP contribution in [0.25, 0.3) is 11.1 Å². The second-order valence-electron chi connectivity index (χ2n) is 9.04. The maximum atomic E-state index is 13.1. The normalized spacial score (nSPS) is 16.4. The van der Waals surface area contributed by atoms with Crippen LogP contribution in [-0.2, 0) is 11.7 Å². The van der Waals surface area contributed by atoms with Gasteiger partial charge in [0.25, 0.3) is 0 Å². The lowest BCUT2D eigenvalue weighted by Gasteiger charge is -2.46. The molecule has 190 valence electrons. The first-order valence-corrected chi connectivity index (χ1v) is 11.9. The number of nitrogens with zero attached hydrogens (tertiary/aromatic N) is 3. The number of piperidine rings is 1. The number of anilines is 2. The molecule has 2 amide bonds. The number of halogens is 3. The highest BCUT2D eigenvalue weighted by Gasteiger charge is 2.42. The number of nitrogens with one attached hydrogen (secondary N) is 2. The summed E-state index contributed by atoms with van der Waals surface area (Å²) < 4.78 is 45.0. The van der Waals surface area contributed by atoms with E-state index < -0.39 is 17.3 Å². The Kier molecular flexibility index (Phi) is 6.15. The van der Waals surface area contributed by atoms with Gasteiger partial charge in [-0.1, -0.05) is 12.1 Å². The van der Waals surface area contributed by atoms with Gasteiger partial charge in [0.15, 0.2) is 0 Å². The fourth-order valence-electron chi connectivity index (χ4n) is 5.13. The molecule has 0 bridgehead atoms. The van der Waals surface area contributed by atoms with Crippen molar-refractivity contribution in [1.82, 2.24) is 10.3 Å². The Morgan fingerprint density at radius 2 is 1.95 bits per heavy atom. The summed E-state index contributed by atoms with van der Waals surface area (Å²) in [6, 6.07) is 14.4. The van der Waals surface area contributed by atoms with E-state index in [1.165, 1.54) is 6.07 Å². The summed E-state index contributed by atoms with van der Waals surface area (Å²) in [4.78, 5) is 18.9. The summed E-state index contributed by atoms with van der Waals surface area (Å²) in [6.07, 6.45) is -1.81. The summed E-state index contributed by atoms with van der Waals surface area (Å²) in [5.74, 6) is 0.512. The summed E-state index contributed by atoms with van der Waals surface area (Å²) >= 11 is 0. The van der Waals surface area contributed by atoms with E-state index in [1.807, 2.05) is 48.2 Å². The first kappa shape index (κ1) is 24.4. The number of pyridine rings is 1. The Morgan fingerprint density at radius 1 is 1.16 bits per heavy atom. The zero-order valence-electron chi connectivity index (χ0n) is 20.0. The molecule has 2 aliphatic rings. The van der Waals surface area contributed by atoms with E-state index in [4.69, 9.17) is 4.74 Å². The second kappa shape index (κ2) is 9.32. The van der Waals surface area contributed by atoms with Crippen molar-refractivity contribution >= 4 is 17.4 Å². The van der Waals surface area contributed by atoms with Crippen LogP contribution in [0.15, 0.2) is 54.7 Å². The van der Waals surface area contributed by atoms with E-state index in [2.05, 4.69) is 15.6 Å². The minimum absolute atomic E-state index is 0.0215. The highest BCUT2D eigenvalue weighted by atomic mass is 19.4. The standard InChI is InChI=1S/C27H24F3N5O2/c1-2-37-24-20(4-3-11-32-24)17-5-7-21-22(15-17)33-25(36)34-26(21)9-12-35(13-10-26)23-8-6-19(27(28,29)30)14-18(23)16-31/h3-8,11,14-15H,2,9-10,12-13H2,1H3,(H2,33,34,36). The van der Waals surface area contributed by atoms with Crippen molar-refractivity contribution in [3.8, 4) is 23.1 Å². The Hall–Kier alpha value is -4.26. The number of rotatable bonds is 4.